The standard InChI is InChI=1S/C20H18N4O3S/c1-12-4-6-13(7-5-12)15-11-28-20-22-19(23-24(15)20)21-18(25)14-8-9-16(26-2)17(10-14)27-3/h4-11H,1-3H3,(H,21,23,25). The first-order valence-electron chi connectivity index (χ1n) is 8.53. The molecule has 8 heteroatoms. The number of fused-ring (bicyclic) bond motifs is 1. The molecular weight excluding hydrogens is 376 g/mol. The van der Waals surface area contributed by atoms with Crippen LogP contribution in [0.5, 0.6) is 11.5 Å². The summed E-state index contributed by atoms with van der Waals surface area (Å²) in [4.78, 5) is 17.7. The third kappa shape index (κ3) is 3.29. The van der Waals surface area contributed by atoms with Gasteiger partial charge in [-0.25, -0.2) is 4.52 Å². The maximum atomic E-state index is 12.6. The number of amides is 1. The number of benzene rings is 2. The van der Waals surface area contributed by atoms with Gasteiger partial charge in [0, 0.05) is 16.5 Å². The number of rotatable bonds is 5. The van der Waals surface area contributed by atoms with E-state index >= 15 is 0 Å². The fraction of sp³-hybridized carbons (Fsp3) is 0.150. The normalized spacial score (nSPS) is 10.8. The second-order valence-electron chi connectivity index (χ2n) is 6.14. The molecule has 0 aliphatic rings. The van der Waals surface area contributed by atoms with E-state index in [2.05, 4.69) is 27.5 Å². The molecule has 142 valence electrons. The lowest BCUT2D eigenvalue weighted by molar-refractivity contribution is 0.102. The topological polar surface area (TPSA) is 77.8 Å². The molecule has 2 aromatic carbocycles. The number of aromatic nitrogens is 3. The third-order valence-corrected chi connectivity index (χ3v) is 5.12. The van der Waals surface area contributed by atoms with Crippen LogP contribution >= 0.6 is 11.3 Å². The molecule has 0 atom stereocenters. The van der Waals surface area contributed by atoms with Crippen LogP contribution in [-0.2, 0) is 0 Å². The van der Waals surface area contributed by atoms with Crippen LogP contribution in [0, 0.1) is 6.92 Å². The number of hydrogen-bond donors (Lipinski definition) is 1. The summed E-state index contributed by atoms with van der Waals surface area (Å²) in [5, 5.41) is 9.18. The number of hydrogen-bond acceptors (Lipinski definition) is 6. The molecule has 4 rings (SSSR count). The zero-order valence-electron chi connectivity index (χ0n) is 15.6. The molecule has 0 spiro atoms. The summed E-state index contributed by atoms with van der Waals surface area (Å²) in [6.45, 7) is 2.05. The van der Waals surface area contributed by atoms with E-state index in [0.717, 1.165) is 11.3 Å². The molecule has 7 nitrogen and oxygen atoms in total. The molecule has 0 saturated heterocycles. The Hall–Kier alpha value is -3.39. The Bertz CT molecular complexity index is 1150. The lowest BCUT2D eigenvalue weighted by atomic mass is 10.1. The predicted molar refractivity (Wildman–Crippen MR) is 109 cm³/mol. The summed E-state index contributed by atoms with van der Waals surface area (Å²) in [6, 6.07) is 13.1. The number of carbonyl (C=O) groups is 1. The van der Waals surface area contributed by atoms with E-state index in [0.29, 0.717) is 22.0 Å². The van der Waals surface area contributed by atoms with Crippen LogP contribution < -0.4 is 14.8 Å². The zero-order chi connectivity index (χ0) is 19.7. The highest BCUT2D eigenvalue weighted by Gasteiger charge is 2.16. The molecular formula is C20H18N4O3S. The van der Waals surface area contributed by atoms with Crippen molar-refractivity contribution in [3.05, 3.63) is 59.0 Å². The number of nitrogens with one attached hydrogen (secondary N) is 1. The molecule has 28 heavy (non-hydrogen) atoms. The van der Waals surface area contributed by atoms with Gasteiger partial charge in [0.15, 0.2) is 11.5 Å². The SMILES string of the molecule is COc1ccc(C(=O)Nc2nc3scc(-c4ccc(C)cc4)n3n2)cc1OC. The Kier molecular flexibility index (Phi) is 4.70. The molecule has 0 fully saturated rings. The van der Waals surface area contributed by atoms with Gasteiger partial charge in [-0.3, -0.25) is 10.1 Å². The predicted octanol–water partition coefficient (Wildman–Crippen LogP) is 4.04. The minimum Gasteiger partial charge on any atom is -0.493 e. The maximum absolute atomic E-state index is 12.6. The molecule has 4 aromatic rings. The van der Waals surface area contributed by atoms with Gasteiger partial charge in [0.2, 0.25) is 4.96 Å². The molecule has 1 amide bonds. The molecule has 0 radical (unpaired) electrons. The van der Waals surface area contributed by atoms with Crippen LogP contribution in [0.15, 0.2) is 47.8 Å². The second-order valence-corrected chi connectivity index (χ2v) is 6.98. The number of nitrogens with zero attached hydrogens (tertiary/aromatic N) is 3. The molecule has 0 aliphatic carbocycles. The van der Waals surface area contributed by atoms with Crippen LogP contribution in [0.3, 0.4) is 0 Å². The van der Waals surface area contributed by atoms with Crippen LogP contribution in [0.2, 0.25) is 0 Å². The fourth-order valence-electron chi connectivity index (χ4n) is 2.81. The highest BCUT2D eigenvalue weighted by molar-refractivity contribution is 7.15. The second kappa shape index (κ2) is 7.32. The minimum atomic E-state index is -0.323. The van der Waals surface area contributed by atoms with Crippen molar-refractivity contribution in [2.45, 2.75) is 6.92 Å². The van der Waals surface area contributed by atoms with Gasteiger partial charge in [-0.2, -0.15) is 4.98 Å². The Morgan fingerprint density at radius 2 is 1.82 bits per heavy atom. The van der Waals surface area contributed by atoms with Crippen LogP contribution in [0.1, 0.15) is 15.9 Å². The van der Waals surface area contributed by atoms with E-state index in [4.69, 9.17) is 9.47 Å². The Balaban J connectivity index is 1.60. The van der Waals surface area contributed by atoms with Gasteiger partial charge in [0.1, 0.15) is 0 Å². The van der Waals surface area contributed by atoms with Crippen LogP contribution in [0.4, 0.5) is 5.95 Å². The highest BCUT2D eigenvalue weighted by atomic mass is 32.1. The van der Waals surface area contributed by atoms with E-state index in [1.807, 2.05) is 24.4 Å². The minimum absolute atomic E-state index is 0.250. The van der Waals surface area contributed by atoms with Crippen molar-refractivity contribution in [2.24, 2.45) is 0 Å². The number of anilines is 1. The molecule has 2 aromatic heterocycles. The van der Waals surface area contributed by atoms with Crippen molar-refractivity contribution >= 4 is 28.2 Å². The number of ether oxygens (including phenoxy) is 2. The van der Waals surface area contributed by atoms with E-state index in [-0.39, 0.29) is 11.9 Å². The lowest BCUT2D eigenvalue weighted by Gasteiger charge is -2.08. The van der Waals surface area contributed by atoms with Crippen LogP contribution in [0.25, 0.3) is 16.2 Å². The Morgan fingerprint density at radius 3 is 2.54 bits per heavy atom. The average molecular weight is 394 g/mol. The number of thiazole rings is 1. The van der Waals surface area contributed by atoms with E-state index < -0.39 is 0 Å². The monoisotopic (exact) mass is 394 g/mol. The summed E-state index contributed by atoms with van der Waals surface area (Å²) in [5.41, 5.74) is 3.59. The van der Waals surface area contributed by atoms with E-state index in [1.165, 1.54) is 24.0 Å². The first kappa shape index (κ1) is 18.0. The molecule has 0 saturated carbocycles. The van der Waals surface area contributed by atoms with Gasteiger partial charge < -0.3 is 9.47 Å². The fourth-order valence-corrected chi connectivity index (χ4v) is 3.64. The Morgan fingerprint density at radius 1 is 1.07 bits per heavy atom. The van der Waals surface area contributed by atoms with Gasteiger partial charge in [0.25, 0.3) is 11.9 Å². The first-order valence-corrected chi connectivity index (χ1v) is 9.41. The largest absolute Gasteiger partial charge is 0.493 e. The molecule has 0 aliphatic heterocycles. The molecule has 1 N–H and O–H groups in total. The number of aryl methyl sites for hydroxylation is 1. The first-order chi connectivity index (χ1) is 13.6. The van der Waals surface area contributed by atoms with Gasteiger partial charge in [-0.15, -0.1) is 16.4 Å². The summed E-state index contributed by atoms with van der Waals surface area (Å²) in [7, 11) is 3.07. The molecule has 0 unspecified atom stereocenters. The lowest BCUT2D eigenvalue weighted by Crippen LogP contribution is -2.13. The summed E-state index contributed by atoms with van der Waals surface area (Å²) < 4.78 is 12.2. The van der Waals surface area contributed by atoms with Crippen molar-refractivity contribution in [3.8, 4) is 22.8 Å². The quantitative estimate of drug-likeness (QED) is 0.553. The third-order valence-electron chi connectivity index (χ3n) is 4.30. The number of carbonyl (C=O) groups excluding carboxylic acids is 1. The smallest absolute Gasteiger partial charge is 0.258 e. The van der Waals surface area contributed by atoms with E-state index in [9.17, 15) is 4.79 Å². The highest BCUT2D eigenvalue weighted by Crippen LogP contribution is 2.28. The number of methoxy groups -OCH3 is 2. The molecule has 0 bridgehead atoms. The molecule has 2 heterocycles. The summed E-state index contributed by atoms with van der Waals surface area (Å²) >= 11 is 1.47. The van der Waals surface area contributed by atoms with Gasteiger partial charge in [0.05, 0.1) is 19.9 Å². The van der Waals surface area contributed by atoms with Gasteiger partial charge in [-0.05, 0) is 25.1 Å². The summed E-state index contributed by atoms with van der Waals surface area (Å²) in [6.07, 6.45) is 0. The Labute approximate surface area is 165 Å². The zero-order valence-corrected chi connectivity index (χ0v) is 16.4. The van der Waals surface area contributed by atoms with Gasteiger partial charge >= 0.3 is 0 Å². The van der Waals surface area contributed by atoms with Crippen molar-refractivity contribution in [1.82, 2.24) is 14.6 Å². The van der Waals surface area contributed by atoms with Crippen molar-refractivity contribution in [3.63, 3.8) is 0 Å². The summed E-state index contributed by atoms with van der Waals surface area (Å²) in [5.74, 6) is 0.967. The van der Waals surface area contributed by atoms with Crippen LogP contribution in [-0.4, -0.2) is 34.7 Å². The average Bonchev–Trinajstić information content (AvgIpc) is 3.28. The maximum Gasteiger partial charge on any atom is 0.258 e. The van der Waals surface area contributed by atoms with Gasteiger partial charge in [-0.1, -0.05) is 29.8 Å². The van der Waals surface area contributed by atoms with Crippen molar-refractivity contribution in [2.75, 3.05) is 19.5 Å². The van der Waals surface area contributed by atoms with Crippen molar-refractivity contribution in [1.29, 1.82) is 0 Å². The van der Waals surface area contributed by atoms with Crippen molar-refractivity contribution < 1.29 is 14.3 Å². The van der Waals surface area contributed by atoms with E-state index in [1.54, 1.807) is 29.8 Å².